The van der Waals surface area contributed by atoms with Gasteiger partial charge in [-0.2, -0.15) is 0 Å². The van der Waals surface area contributed by atoms with E-state index in [0.717, 1.165) is 42.4 Å². The van der Waals surface area contributed by atoms with E-state index in [0.29, 0.717) is 6.04 Å². The van der Waals surface area contributed by atoms with Gasteiger partial charge in [0.15, 0.2) is 5.16 Å². The highest BCUT2D eigenvalue weighted by atomic mass is 32.2. The number of rotatable bonds is 4. The molecule has 0 amide bonds. The Morgan fingerprint density at radius 2 is 2.00 bits per heavy atom. The van der Waals surface area contributed by atoms with E-state index in [1.807, 2.05) is 6.92 Å². The lowest BCUT2D eigenvalue weighted by atomic mass is 9.86. The zero-order valence-electron chi connectivity index (χ0n) is 10.9. The van der Waals surface area contributed by atoms with Crippen LogP contribution in [0.5, 0.6) is 0 Å². The third-order valence-corrected chi connectivity index (χ3v) is 5.22. The number of aliphatic hydroxyl groups is 1. The summed E-state index contributed by atoms with van der Waals surface area (Å²) in [7, 11) is 0. The van der Waals surface area contributed by atoms with Crippen LogP contribution in [0.4, 0.5) is 0 Å². The summed E-state index contributed by atoms with van der Waals surface area (Å²) in [6.45, 7) is 2.02. The van der Waals surface area contributed by atoms with E-state index in [4.69, 9.17) is 0 Å². The van der Waals surface area contributed by atoms with Crippen LogP contribution in [0.15, 0.2) is 5.16 Å². The fourth-order valence-electron chi connectivity index (χ4n) is 2.75. The molecule has 4 nitrogen and oxygen atoms in total. The van der Waals surface area contributed by atoms with Crippen LogP contribution in [0.1, 0.15) is 56.8 Å². The van der Waals surface area contributed by atoms with Gasteiger partial charge in [-0.1, -0.05) is 31.0 Å². The molecule has 1 aromatic rings. The van der Waals surface area contributed by atoms with Crippen LogP contribution in [-0.2, 0) is 0 Å². The number of aromatic nitrogens is 3. The van der Waals surface area contributed by atoms with E-state index in [2.05, 4.69) is 14.8 Å². The Morgan fingerprint density at radius 1 is 1.28 bits per heavy atom. The Bertz CT molecular complexity index is 422. The maximum atomic E-state index is 10.5. The summed E-state index contributed by atoms with van der Waals surface area (Å²) in [6, 6.07) is 0.614. The van der Waals surface area contributed by atoms with Crippen LogP contribution in [0.2, 0.25) is 0 Å². The molecule has 0 spiro atoms. The lowest BCUT2D eigenvalue weighted by Crippen LogP contribution is -2.34. The van der Waals surface area contributed by atoms with Crippen molar-refractivity contribution in [2.45, 2.75) is 68.7 Å². The van der Waals surface area contributed by atoms with E-state index in [9.17, 15) is 5.11 Å². The number of nitrogens with zero attached hydrogens (tertiary/aromatic N) is 3. The van der Waals surface area contributed by atoms with Gasteiger partial charge in [0, 0.05) is 11.8 Å². The van der Waals surface area contributed by atoms with E-state index in [1.165, 1.54) is 19.3 Å². The topological polar surface area (TPSA) is 50.9 Å². The van der Waals surface area contributed by atoms with Crippen molar-refractivity contribution in [2.24, 2.45) is 0 Å². The average Bonchev–Trinajstić information content (AvgIpc) is 3.12. The molecule has 0 bridgehead atoms. The summed E-state index contributed by atoms with van der Waals surface area (Å²) < 4.78 is 2.25. The molecular weight excluding hydrogens is 246 g/mol. The van der Waals surface area contributed by atoms with E-state index in [1.54, 1.807) is 11.8 Å². The molecule has 0 saturated heterocycles. The minimum atomic E-state index is -0.475. The van der Waals surface area contributed by atoms with Gasteiger partial charge in [0.05, 0.1) is 5.60 Å². The van der Waals surface area contributed by atoms with E-state index < -0.39 is 5.60 Å². The van der Waals surface area contributed by atoms with Gasteiger partial charge in [0.1, 0.15) is 5.82 Å². The van der Waals surface area contributed by atoms with Gasteiger partial charge in [-0.3, -0.25) is 0 Å². The molecule has 5 heteroatoms. The SMILES string of the molecule is Cc1nnc(SCC2(O)CCCCC2)n1C1CC1. The standard InChI is InChI=1S/C13H21N3OS/c1-10-14-15-12(16(10)11-5-6-11)18-9-13(17)7-3-2-4-8-13/h11,17H,2-9H2,1H3. The lowest BCUT2D eigenvalue weighted by Gasteiger charge is -2.31. The Labute approximate surface area is 112 Å². The van der Waals surface area contributed by atoms with Crippen molar-refractivity contribution < 1.29 is 5.11 Å². The predicted octanol–water partition coefficient (Wildman–Crippen LogP) is 2.71. The molecule has 2 aliphatic rings. The van der Waals surface area contributed by atoms with Crippen molar-refractivity contribution in [3.8, 4) is 0 Å². The highest BCUT2D eigenvalue weighted by Crippen LogP contribution is 2.40. The quantitative estimate of drug-likeness (QED) is 0.852. The molecule has 2 saturated carbocycles. The van der Waals surface area contributed by atoms with Crippen LogP contribution in [-0.4, -0.2) is 31.2 Å². The van der Waals surface area contributed by atoms with E-state index >= 15 is 0 Å². The highest BCUT2D eigenvalue weighted by Gasteiger charge is 2.32. The number of hydrogen-bond donors (Lipinski definition) is 1. The fraction of sp³-hybridized carbons (Fsp3) is 0.846. The molecule has 100 valence electrons. The summed E-state index contributed by atoms with van der Waals surface area (Å²) >= 11 is 1.68. The second-order valence-electron chi connectivity index (χ2n) is 5.70. The molecule has 2 aliphatic carbocycles. The molecule has 0 radical (unpaired) electrons. The first-order valence-electron chi connectivity index (χ1n) is 6.95. The maximum absolute atomic E-state index is 10.5. The molecule has 0 unspecified atom stereocenters. The molecule has 0 aliphatic heterocycles. The van der Waals surface area contributed by atoms with Crippen LogP contribution in [0.25, 0.3) is 0 Å². The number of thioether (sulfide) groups is 1. The third kappa shape index (κ3) is 2.57. The van der Waals surface area contributed by atoms with Crippen molar-refractivity contribution in [3.63, 3.8) is 0 Å². The summed E-state index contributed by atoms with van der Waals surface area (Å²) in [5.41, 5.74) is -0.475. The summed E-state index contributed by atoms with van der Waals surface area (Å²) in [6.07, 6.45) is 7.96. The van der Waals surface area contributed by atoms with E-state index in [-0.39, 0.29) is 0 Å². The van der Waals surface area contributed by atoms with Crippen molar-refractivity contribution in [3.05, 3.63) is 5.82 Å². The Morgan fingerprint density at radius 3 is 2.67 bits per heavy atom. The molecule has 2 fully saturated rings. The van der Waals surface area contributed by atoms with Gasteiger partial charge < -0.3 is 9.67 Å². The second-order valence-corrected chi connectivity index (χ2v) is 6.65. The molecule has 18 heavy (non-hydrogen) atoms. The fourth-order valence-corrected chi connectivity index (χ4v) is 3.96. The largest absolute Gasteiger partial charge is 0.389 e. The zero-order chi connectivity index (χ0) is 12.6. The molecule has 1 heterocycles. The van der Waals surface area contributed by atoms with Gasteiger partial charge in [-0.05, 0) is 32.6 Å². The third-order valence-electron chi connectivity index (χ3n) is 4.00. The average molecular weight is 267 g/mol. The Balaban J connectivity index is 1.65. The van der Waals surface area contributed by atoms with Gasteiger partial charge in [-0.15, -0.1) is 10.2 Å². The summed E-state index contributed by atoms with van der Waals surface area (Å²) in [5, 5.41) is 19.9. The number of aryl methyl sites for hydroxylation is 1. The molecule has 1 aromatic heterocycles. The first-order valence-corrected chi connectivity index (χ1v) is 7.93. The molecule has 0 atom stereocenters. The summed E-state index contributed by atoms with van der Waals surface area (Å²) in [5.74, 6) is 1.77. The normalized spacial score (nSPS) is 23.2. The van der Waals surface area contributed by atoms with Crippen LogP contribution in [0, 0.1) is 6.92 Å². The first kappa shape index (κ1) is 12.5. The van der Waals surface area contributed by atoms with Crippen LogP contribution in [0.3, 0.4) is 0 Å². The second kappa shape index (κ2) is 4.85. The maximum Gasteiger partial charge on any atom is 0.191 e. The summed E-state index contributed by atoms with van der Waals surface area (Å²) in [4.78, 5) is 0. The van der Waals surface area contributed by atoms with Crippen molar-refractivity contribution in [2.75, 3.05) is 5.75 Å². The monoisotopic (exact) mass is 267 g/mol. The Kier molecular flexibility index (Phi) is 3.36. The first-order chi connectivity index (χ1) is 8.68. The number of hydrogen-bond acceptors (Lipinski definition) is 4. The Hall–Kier alpha value is -0.550. The molecular formula is C13H21N3OS. The predicted molar refractivity (Wildman–Crippen MR) is 71.8 cm³/mol. The van der Waals surface area contributed by atoms with Crippen molar-refractivity contribution >= 4 is 11.8 Å². The zero-order valence-corrected chi connectivity index (χ0v) is 11.7. The van der Waals surface area contributed by atoms with Gasteiger partial charge >= 0.3 is 0 Å². The van der Waals surface area contributed by atoms with Crippen molar-refractivity contribution in [1.29, 1.82) is 0 Å². The highest BCUT2D eigenvalue weighted by molar-refractivity contribution is 7.99. The smallest absolute Gasteiger partial charge is 0.191 e. The minimum Gasteiger partial charge on any atom is -0.389 e. The minimum absolute atomic E-state index is 0.475. The van der Waals surface area contributed by atoms with Gasteiger partial charge in [0.25, 0.3) is 0 Å². The van der Waals surface area contributed by atoms with Crippen molar-refractivity contribution in [1.82, 2.24) is 14.8 Å². The molecule has 1 N–H and O–H groups in total. The lowest BCUT2D eigenvalue weighted by molar-refractivity contribution is 0.0272. The van der Waals surface area contributed by atoms with Crippen LogP contribution < -0.4 is 0 Å². The van der Waals surface area contributed by atoms with Gasteiger partial charge in [-0.25, -0.2) is 0 Å². The van der Waals surface area contributed by atoms with Crippen LogP contribution >= 0.6 is 11.8 Å². The van der Waals surface area contributed by atoms with Gasteiger partial charge in [0.2, 0.25) is 0 Å². The molecule has 0 aromatic carbocycles. The molecule has 3 rings (SSSR count).